The van der Waals surface area contributed by atoms with Gasteiger partial charge in [0.2, 0.25) is 0 Å². The molecule has 1 heteroatoms. The number of fused-ring (bicyclic) bond motifs is 11. The third kappa shape index (κ3) is 3.53. The summed E-state index contributed by atoms with van der Waals surface area (Å²) >= 11 is 0. The lowest BCUT2D eigenvalue weighted by Gasteiger charge is -2.31. The highest BCUT2D eigenvalue weighted by atomic mass is 14.7. The molecule has 0 bridgehead atoms. The third-order valence-electron chi connectivity index (χ3n) is 10.6. The number of hydrogen-bond acceptors (Lipinski definition) is 1. The van der Waals surface area contributed by atoms with Gasteiger partial charge in [-0.25, -0.2) is 0 Å². The SMILES string of the molecule is Cc1cc2c(cc1C)C1(c3ccccc3-c3cc(-c4cccc(-c5nccc6ccccc56)c4)ccc31)c1cc(C)c(C)cc1-2. The molecule has 0 atom stereocenters. The Balaban J connectivity index is 1.28. The van der Waals surface area contributed by atoms with Crippen molar-refractivity contribution in [1.29, 1.82) is 0 Å². The Morgan fingerprint density at radius 2 is 1.02 bits per heavy atom. The van der Waals surface area contributed by atoms with Crippen LogP contribution < -0.4 is 0 Å². The Bertz CT molecular complexity index is 2310. The normalized spacial score (nSPS) is 13.5. The number of aryl methyl sites for hydroxylation is 4. The largest absolute Gasteiger partial charge is 0.256 e. The van der Waals surface area contributed by atoms with Gasteiger partial charge in [0, 0.05) is 17.1 Å². The average Bonchev–Trinajstić information content (AvgIpc) is 3.50. The molecule has 0 saturated heterocycles. The zero-order valence-corrected chi connectivity index (χ0v) is 26.1. The van der Waals surface area contributed by atoms with Crippen molar-refractivity contribution < 1.29 is 0 Å². The molecule has 1 nitrogen and oxygen atoms in total. The van der Waals surface area contributed by atoms with E-state index in [9.17, 15) is 0 Å². The van der Waals surface area contributed by atoms with E-state index < -0.39 is 0 Å². The van der Waals surface area contributed by atoms with Crippen molar-refractivity contribution in [3.63, 3.8) is 0 Å². The molecule has 0 radical (unpaired) electrons. The van der Waals surface area contributed by atoms with Gasteiger partial charge in [0.05, 0.1) is 11.1 Å². The molecule has 0 saturated carbocycles. The van der Waals surface area contributed by atoms with Crippen LogP contribution in [0.15, 0.2) is 128 Å². The summed E-state index contributed by atoms with van der Waals surface area (Å²) in [6, 6.07) is 45.5. The topological polar surface area (TPSA) is 12.9 Å². The van der Waals surface area contributed by atoms with E-state index in [0.29, 0.717) is 0 Å². The molecule has 0 N–H and O–H groups in total. The maximum atomic E-state index is 4.82. The summed E-state index contributed by atoms with van der Waals surface area (Å²) in [4.78, 5) is 4.82. The summed E-state index contributed by atoms with van der Waals surface area (Å²) in [5, 5.41) is 2.39. The first-order chi connectivity index (χ1) is 21.9. The summed E-state index contributed by atoms with van der Waals surface area (Å²) in [5.41, 5.74) is 20.6. The number of aromatic nitrogens is 1. The molecule has 2 aliphatic rings. The van der Waals surface area contributed by atoms with E-state index >= 15 is 0 Å². The number of nitrogens with zero attached hydrogens (tertiary/aromatic N) is 1. The van der Waals surface area contributed by atoms with Crippen molar-refractivity contribution in [1.82, 2.24) is 4.98 Å². The van der Waals surface area contributed by atoms with Gasteiger partial charge < -0.3 is 0 Å². The van der Waals surface area contributed by atoms with Gasteiger partial charge >= 0.3 is 0 Å². The van der Waals surface area contributed by atoms with E-state index in [1.165, 1.54) is 88.7 Å². The number of pyridine rings is 1. The number of rotatable bonds is 2. The molecule has 1 aromatic heterocycles. The summed E-state index contributed by atoms with van der Waals surface area (Å²) in [6.45, 7) is 9.00. The minimum atomic E-state index is -0.333. The minimum absolute atomic E-state index is 0.333. The predicted octanol–water partition coefficient (Wildman–Crippen LogP) is 11.1. The Hall–Kier alpha value is -5.27. The monoisotopic (exact) mass is 575 g/mol. The molecule has 9 rings (SSSR count). The third-order valence-corrected chi connectivity index (χ3v) is 10.6. The lowest BCUT2D eigenvalue weighted by atomic mass is 9.70. The summed E-state index contributed by atoms with van der Waals surface area (Å²) < 4.78 is 0. The lowest BCUT2D eigenvalue weighted by molar-refractivity contribution is 0.791. The molecule has 214 valence electrons. The van der Waals surface area contributed by atoms with Crippen LogP contribution in [0.3, 0.4) is 0 Å². The first-order valence-corrected chi connectivity index (χ1v) is 15.9. The molecule has 0 amide bonds. The van der Waals surface area contributed by atoms with E-state index in [4.69, 9.17) is 4.98 Å². The maximum Gasteiger partial charge on any atom is 0.0780 e. The molecule has 6 aromatic carbocycles. The van der Waals surface area contributed by atoms with Crippen molar-refractivity contribution in [2.75, 3.05) is 0 Å². The van der Waals surface area contributed by atoms with Crippen LogP contribution in [-0.2, 0) is 5.41 Å². The van der Waals surface area contributed by atoms with Gasteiger partial charge in [-0.2, -0.15) is 0 Å². The van der Waals surface area contributed by atoms with E-state index in [0.717, 1.165) is 11.3 Å². The van der Waals surface area contributed by atoms with Gasteiger partial charge in [-0.15, -0.1) is 0 Å². The molecular weight excluding hydrogens is 542 g/mol. The fourth-order valence-corrected chi connectivity index (χ4v) is 8.08. The van der Waals surface area contributed by atoms with Gasteiger partial charge in [-0.1, -0.05) is 103 Å². The van der Waals surface area contributed by atoms with Crippen molar-refractivity contribution in [3.05, 3.63) is 172 Å². The van der Waals surface area contributed by atoms with Crippen molar-refractivity contribution in [2.24, 2.45) is 0 Å². The molecule has 45 heavy (non-hydrogen) atoms. The average molecular weight is 576 g/mol. The van der Waals surface area contributed by atoms with E-state index in [-0.39, 0.29) is 5.41 Å². The van der Waals surface area contributed by atoms with Gasteiger partial charge in [-0.05, 0) is 129 Å². The van der Waals surface area contributed by atoms with Crippen LogP contribution in [0.4, 0.5) is 0 Å². The van der Waals surface area contributed by atoms with Gasteiger partial charge in [0.15, 0.2) is 0 Å². The summed E-state index contributed by atoms with van der Waals surface area (Å²) in [5.74, 6) is 0. The highest BCUT2D eigenvalue weighted by Crippen LogP contribution is 2.63. The maximum absolute atomic E-state index is 4.82. The van der Waals surface area contributed by atoms with Gasteiger partial charge in [0.1, 0.15) is 0 Å². The van der Waals surface area contributed by atoms with E-state index in [1.807, 2.05) is 6.20 Å². The molecular formula is C44H33N. The molecule has 0 fully saturated rings. The number of hydrogen-bond donors (Lipinski definition) is 0. The summed E-state index contributed by atoms with van der Waals surface area (Å²) in [6.07, 6.45) is 1.92. The second-order valence-corrected chi connectivity index (χ2v) is 13.0. The fourth-order valence-electron chi connectivity index (χ4n) is 8.08. The van der Waals surface area contributed by atoms with Crippen molar-refractivity contribution >= 4 is 10.8 Å². The Kier molecular flexibility index (Phi) is 5.44. The highest BCUT2D eigenvalue weighted by molar-refractivity contribution is 5.98. The molecule has 1 spiro atoms. The fraction of sp³-hybridized carbons (Fsp3) is 0.114. The van der Waals surface area contributed by atoms with Crippen LogP contribution in [0.1, 0.15) is 44.5 Å². The number of benzene rings is 6. The summed E-state index contributed by atoms with van der Waals surface area (Å²) in [7, 11) is 0. The first kappa shape index (κ1) is 26.2. The van der Waals surface area contributed by atoms with Crippen molar-refractivity contribution in [3.8, 4) is 44.6 Å². The van der Waals surface area contributed by atoms with Crippen LogP contribution in [0, 0.1) is 27.7 Å². The second kappa shape index (κ2) is 9.36. The standard InChI is InChI=1S/C44H33N/c1-26-20-36-37-21-27(2)29(4)23-42(37)44(41(36)22-28(26)3)39-15-8-7-14-35(39)38-25-32(16-17-40(38)44)31-11-9-12-33(24-31)43-34-13-6-5-10-30(34)18-19-45-43/h5-25H,1-4H3. The zero-order valence-electron chi connectivity index (χ0n) is 26.1. The Morgan fingerprint density at radius 3 is 1.80 bits per heavy atom. The predicted molar refractivity (Wildman–Crippen MR) is 188 cm³/mol. The van der Waals surface area contributed by atoms with E-state index in [1.54, 1.807) is 0 Å². The van der Waals surface area contributed by atoms with Crippen molar-refractivity contribution in [2.45, 2.75) is 33.1 Å². The van der Waals surface area contributed by atoms with Crippen LogP contribution in [-0.4, -0.2) is 4.98 Å². The van der Waals surface area contributed by atoms with Crippen LogP contribution in [0.2, 0.25) is 0 Å². The lowest BCUT2D eigenvalue weighted by Crippen LogP contribution is -2.26. The van der Waals surface area contributed by atoms with Crippen LogP contribution in [0.25, 0.3) is 55.4 Å². The quantitative estimate of drug-likeness (QED) is 0.200. The minimum Gasteiger partial charge on any atom is -0.256 e. The zero-order chi connectivity index (χ0) is 30.4. The second-order valence-electron chi connectivity index (χ2n) is 13.0. The van der Waals surface area contributed by atoms with Gasteiger partial charge in [-0.3, -0.25) is 4.98 Å². The molecule has 0 aliphatic heterocycles. The van der Waals surface area contributed by atoms with E-state index in [2.05, 4.69) is 149 Å². The molecule has 0 unspecified atom stereocenters. The molecule has 2 aliphatic carbocycles. The molecule has 7 aromatic rings. The molecule has 1 heterocycles. The Morgan fingerprint density at radius 1 is 0.422 bits per heavy atom. The smallest absolute Gasteiger partial charge is 0.0780 e. The van der Waals surface area contributed by atoms with Crippen LogP contribution in [0.5, 0.6) is 0 Å². The Labute approximate surface area is 264 Å². The van der Waals surface area contributed by atoms with Crippen LogP contribution >= 0.6 is 0 Å². The van der Waals surface area contributed by atoms with Gasteiger partial charge in [0.25, 0.3) is 0 Å². The highest BCUT2D eigenvalue weighted by Gasteiger charge is 2.52. The first-order valence-electron chi connectivity index (χ1n) is 15.9.